The van der Waals surface area contributed by atoms with E-state index < -0.39 is 11.7 Å². The van der Waals surface area contributed by atoms with Gasteiger partial charge in [0, 0.05) is 24.3 Å². The Hall–Kier alpha value is -3.19. The van der Waals surface area contributed by atoms with Crippen LogP contribution in [0, 0.1) is 5.82 Å². The maximum atomic E-state index is 13.7. The largest absolute Gasteiger partial charge is 0.489 e. The van der Waals surface area contributed by atoms with Gasteiger partial charge >= 0.3 is 0 Å². The molecular formula is C21H19FN2O4. The monoisotopic (exact) mass is 382 g/mol. The number of benzene rings is 2. The topological polar surface area (TPSA) is 73.6 Å². The van der Waals surface area contributed by atoms with Gasteiger partial charge in [-0.1, -0.05) is 35.5 Å². The smallest absolute Gasteiger partial charge is 0.294 e. The Kier molecular flexibility index (Phi) is 5.34. The molecule has 6 nitrogen and oxygen atoms in total. The molecule has 1 aliphatic heterocycles. The molecule has 0 saturated carbocycles. The Balaban J connectivity index is 1.48. The first-order valence-corrected chi connectivity index (χ1v) is 9.06. The summed E-state index contributed by atoms with van der Waals surface area (Å²) in [4.78, 5) is 12.5. The van der Waals surface area contributed by atoms with Crippen molar-refractivity contribution in [3.05, 3.63) is 66.2 Å². The van der Waals surface area contributed by atoms with Crippen LogP contribution in [0.15, 0.2) is 59.1 Å². The summed E-state index contributed by atoms with van der Waals surface area (Å²) in [5.74, 6) is -0.634. The number of hydrogen-bond donors (Lipinski definition) is 1. The first kappa shape index (κ1) is 18.2. The Bertz CT molecular complexity index is 952. The van der Waals surface area contributed by atoms with Gasteiger partial charge in [-0.3, -0.25) is 4.79 Å². The first-order chi connectivity index (χ1) is 13.7. The summed E-state index contributed by atoms with van der Waals surface area (Å²) in [6.45, 7) is 1.06. The van der Waals surface area contributed by atoms with E-state index in [1.54, 1.807) is 0 Å². The SMILES string of the molecule is O=C(Nc1cc(F)ccc1OCC1CCCO1)c1cc(-c2ccccc2)no1. The highest BCUT2D eigenvalue weighted by Gasteiger charge is 2.19. The number of carbonyl (C=O) groups is 1. The Morgan fingerprint density at radius 3 is 2.86 bits per heavy atom. The second-order valence-corrected chi connectivity index (χ2v) is 6.48. The molecule has 0 aliphatic carbocycles. The summed E-state index contributed by atoms with van der Waals surface area (Å²) in [5.41, 5.74) is 1.59. The number of aromatic nitrogens is 1. The lowest BCUT2D eigenvalue weighted by Crippen LogP contribution is -2.18. The highest BCUT2D eigenvalue weighted by Crippen LogP contribution is 2.27. The molecule has 4 rings (SSSR count). The van der Waals surface area contributed by atoms with Crippen LogP contribution in [0.4, 0.5) is 10.1 Å². The zero-order chi connectivity index (χ0) is 19.3. The number of amides is 1. The minimum Gasteiger partial charge on any atom is -0.489 e. The molecule has 1 aliphatic rings. The molecule has 2 aromatic carbocycles. The molecule has 1 unspecified atom stereocenters. The predicted octanol–water partition coefficient (Wildman–Crippen LogP) is 4.29. The van der Waals surface area contributed by atoms with Gasteiger partial charge in [-0.15, -0.1) is 0 Å². The van der Waals surface area contributed by atoms with E-state index in [0.717, 1.165) is 25.0 Å². The van der Waals surface area contributed by atoms with Crippen LogP contribution in [0.2, 0.25) is 0 Å². The van der Waals surface area contributed by atoms with Crippen molar-refractivity contribution in [1.29, 1.82) is 0 Å². The van der Waals surface area contributed by atoms with Crippen molar-refractivity contribution < 1.29 is 23.2 Å². The first-order valence-electron chi connectivity index (χ1n) is 9.06. The molecule has 1 fully saturated rings. The summed E-state index contributed by atoms with van der Waals surface area (Å²) in [5, 5.41) is 6.55. The van der Waals surface area contributed by atoms with E-state index in [0.29, 0.717) is 18.1 Å². The highest BCUT2D eigenvalue weighted by molar-refractivity contribution is 6.03. The third-order valence-electron chi connectivity index (χ3n) is 4.44. The minimum absolute atomic E-state index is 0.0105. The molecule has 2 heterocycles. The fourth-order valence-corrected chi connectivity index (χ4v) is 3.00. The molecular weight excluding hydrogens is 363 g/mol. The maximum Gasteiger partial charge on any atom is 0.294 e. The van der Waals surface area contributed by atoms with Gasteiger partial charge < -0.3 is 19.3 Å². The van der Waals surface area contributed by atoms with Crippen LogP contribution in [-0.2, 0) is 4.74 Å². The zero-order valence-electron chi connectivity index (χ0n) is 15.1. The van der Waals surface area contributed by atoms with E-state index >= 15 is 0 Å². The number of halogens is 1. The minimum atomic E-state index is -0.540. The molecule has 3 aromatic rings. The molecule has 1 atom stereocenters. The molecule has 0 bridgehead atoms. The normalized spacial score (nSPS) is 16.1. The predicted molar refractivity (Wildman–Crippen MR) is 101 cm³/mol. The lowest BCUT2D eigenvalue weighted by Gasteiger charge is -2.15. The number of ether oxygens (including phenoxy) is 2. The molecule has 0 spiro atoms. The molecule has 1 saturated heterocycles. The van der Waals surface area contributed by atoms with Gasteiger partial charge in [-0.2, -0.15) is 0 Å². The van der Waals surface area contributed by atoms with Gasteiger partial charge in [0.05, 0.1) is 11.8 Å². The van der Waals surface area contributed by atoms with Crippen LogP contribution >= 0.6 is 0 Å². The highest BCUT2D eigenvalue weighted by atomic mass is 19.1. The number of nitrogens with one attached hydrogen (secondary N) is 1. The molecule has 144 valence electrons. The average Bonchev–Trinajstić information content (AvgIpc) is 3.40. The lowest BCUT2D eigenvalue weighted by atomic mass is 10.1. The summed E-state index contributed by atoms with van der Waals surface area (Å²) in [7, 11) is 0. The summed E-state index contributed by atoms with van der Waals surface area (Å²) in [6, 6.07) is 14.9. The van der Waals surface area contributed by atoms with E-state index in [2.05, 4.69) is 10.5 Å². The molecule has 28 heavy (non-hydrogen) atoms. The second-order valence-electron chi connectivity index (χ2n) is 6.48. The van der Waals surface area contributed by atoms with E-state index in [9.17, 15) is 9.18 Å². The van der Waals surface area contributed by atoms with Crippen molar-refractivity contribution in [2.45, 2.75) is 18.9 Å². The Morgan fingerprint density at radius 1 is 1.21 bits per heavy atom. The fourth-order valence-electron chi connectivity index (χ4n) is 3.00. The third kappa shape index (κ3) is 4.20. The second kappa shape index (κ2) is 8.22. The van der Waals surface area contributed by atoms with Gasteiger partial charge in [0.2, 0.25) is 5.76 Å². The molecule has 0 radical (unpaired) electrons. The lowest BCUT2D eigenvalue weighted by molar-refractivity contribution is 0.0681. The molecule has 7 heteroatoms. The van der Waals surface area contributed by atoms with Gasteiger partial charge in [0.1, 0.15) is 23.9 Å². The molecule has 1 aromatic heterocycles. The fraction of sp³-hybridized carbons (Fsp3) is 0.238. The van der Waals surface area contributed by atoms with Crippen molar-refractivity contribution >= 4 is 11.6 Å². The number of hydrogen-bond acceptors (Lipinski definition) is 5. The van der Waals surface area contributed by atoms with Gasteiger partial charge in [-0.05, 0) is 25.0 Å². The zero-order valence-corrected chi connectivity index (χ0v) is 15.1. The number of anilines is 1. The Morgan fingerprint density at radius 2 is 2.07 bits per heavy atom. The summed E-state index contributed by atoms with van der Waals surface area (Å²) in [6.07, 6.45) is 1.93. The van der Waals surface area contributed by atoms with Crippen molar-refractivity contribution in [3.8, 4) is 17.0 Å². The summed E-state index contributed by atoms with van der Waals surface area (Å²) >= 11 is 0. The van der Waals surface area contributed by atoms with Crippen LogP contribution in [0.25, 0.3) is 11.3 Å². The van der Waals surface area contributed by atoms with Crippen LogP contribution in [0.5, 0.6) is 5.75 Å². The number of nitrogens with zero attached hydrogens (tertiary/aromatic N) is 1. The van der Waals surface area contributed by atoms with E-state index in [-0.39, 0.29) is 17.6 Å². The number of carbonyl (C=O) groups excluding carboxylic acids is 1. The van der Waals surface area contributed by atoms with Crippen molar-refractivity contribution in [1.82, 2.24) is 5.16 Å². The summed E-state index contributed by atoms with van der Waals surface area (Å²) < 4.78 is 30.1. The van der Waals surface area contributed by atoms with E-state index in [1.165, 1.54) is 24.3 Å². The van der Waals surface area contributed by atoms with Crippen LogP contribution in [0.1, 0.15) is 23.4 Å². The van der Waals surface area contributed by atoms with Crippen LogP contribution < -0.4 is 10.1 Å². The third-order valence-corrected chi connectivity index (χ3v) is 4.44. The van der Waals surface area contributed by atoms with Gasteiger partial charge in [0.25, 0.3) is 5.91 Å². The Labute approximate surface area is 161 Å². The quantitative estimate of drug-likeness (QED) is 0.688. The van der Waals surface area contributed by atoms with Crippen molar-refractivity contribution in [2.75, 3.05) is 18.5 Å². The average molecular weight is 382 g/mol. The standard InChI is InChI=1S/C21H19FN2O4/c22-15-8-9-19(27-13-16-7-4-10-26-16)18(11-15)23-21(25)20-12-17(24-28-20)14-5-2-1-3-6-14/h1-3,5-6,8-9,11-12,16H,4,7,10,13H2,(H,23,25). The van der Waals surface area contributed by atoms with Crippen LogP contribution in [0.3, 0.4) is 0 Å². The van der Waals surface area contributed by atoms with Gasteiger partial charge in [0.15, 0.2) is 0 Å². The number of rotatable bonds is 6. The van der Waals surface area contributed by atoms with Crippen molar-refractivity contribution in [3.63, 3.8) is 0 Å². The van der Waals surface area contributed by atoms with E-state index in [4.69, 9.17) is 14.0 Å². The maximum absolute atomic E-state index is 13.7. The molecule has 1 amide bonds. The molecule has 1 N–H and O–H groups in total. The van der Waals surface area contributed by atoms with Gasteiger partial charge in [-0.25, -0.2) is 4.39 Å². The van der Waals surface area contributed by atoms with E-state index in [1.807, 2.05) is 30.3 Å². The van der Waals surface area contributed by atoms with Crippen molar-refractivity contribution in [2.24, 2.45) is 0 Å². The van der Waals surface area contributed by atoms with Crippen LogP contribution in [-0.4, -0.2) is 30.4 Å².